The number of ether oxygens (including phenoxy) is 1. The molecule has 0 aliphatic heterocycles. The normalized spacial score (nSPS) is 14.9. The highest BCUT2D eigenvalue weighted by atomic mass is 127. The monoisotopic (exact) mass is 365 g/mol. The molecule has 1 amide bonds. The molecule has 94 valence electrons. The lowest BCUT2D eigenvalue weighted by atomic mass is 10.3. The molecule has 0 radical (unpaired) electrons. The van der Waals surface area contributed by atoms with Crippen LogP contribution in [0.3, 0.4) is 0 Å². The molecule has 1 aliphatic rings. The number of carbonyl (C=O) groups excluding carboxylic acids is 1. The Kier molecular flexibility index (Phi) is 4.81. The zero-order valence-electron chi connectivity index (χ0n) is 9.82. The van der Waals surface area contributed by atoms with Crippen molar-refractivity contribution in [1.82, 2.24) is 4.90 Å². The second-order valence-corrected chi connectivity index (χ2v) is 7.19. The molecule has 1 heterocycles. The van der Waals surface area contributed by atoms with Gasteiger partial charge in [0.2, 0.25) is 0 Å². The van der Waals surface area contributed by atoms with E-state index in [9.17, 15) is 4.79 Å². The number of rotatable bonds is 6. The van der Waals surface area contributed by atoms with Crippen molar-refractivity contribution < 1.29 is 9.53 Å². The van der Waals surface area contributed by atoms with Gasteiger partial charge in [-0.3, -0.25) is 4.79 Å². The van der Waals surface area contributed by atoms with Gasteiger partial charge in [0, 0.05) is 25.6 Å². The highest BCUT2D eigenvalue weighted by Gasteiger charge is 2.21. The van der Waals surface area contributed by atoms with Gasteiger partial charge in [-0.05, 0) is 47.4 Å². The van der Waals surface area contributed by atoms with E-state index in [1.54, 1.807) is 16.2 Å². The van der Waals surface area contributed by atoms with Gasteiger partial charge >= 0.3 is 0 Å². The smallest absolute Gasteiger partial charge is 0.254 e. The fraction of sp³-hybridized carbons (Fsp3) is 0.583. The van der Waals surface area contributed by atoms with Crippen molar-refractivity contribution in [3.8, 4) is 0 Å². The largest absolute Gasteiger partial charge is 0.379 e. The number of nitrogens with zero attached hydrogens (tertiary/aromatic N) is 1. The van der Waals surface area contributed by atoms with E-state index < -0.39 is 0 Å². The quantitative estimate of drug-likeness (QED) is 0.573. The number of hydrogen-bond donors (Lipinski definition) is 0. The van der Waals surface area contributed by atoms with Gasteiger partial charge in [-0.2, -0.15) is 0 Å². The van der Waals surface area contributed by atoms with Crippen LogP contribution in [0, 0.1) is 8.80 Å². The van der Waals surface area contributed by atoms with Gasteiger partial charge in [0.25, 0.3) is 5.91 Å². The van der Waals surface area contributed by atoms with Crippen molar-refractivity contribution in [1.29, 1.82) is 0 Å². The number of hydrogen-bond acceptors (Lipinski definition) is 3. The van der Waals surface area contributed by atoms with E-state index in [4.69, 9.17) is 4.74 Å². The fourth-order valence-corrected chi connectivity index (χ4v) is 2.80. The molecule has 1 aromatic heterocycles. The molecule has 17 heavy (non-hydrogen) atoms. The molecule has 1 aliphatic carbocycles. The summed E-state index contributed by atoms with van der Waals surface area (Å²) in [7, 11) is 1.83. The highest BCUT2D eigenvalue weighted by molar-refractivity contribution is 14.1. The highest BCUT2D eigenvalue weighted by Crippen LogP contribution is 2.28. The minimum atomic E-state index is 0.0826. The number of carbonyl (C=O) groups is 1. The molecule has 1 saturated carbocycles. The maximum atomic E-state index is 12.0. The van der Waals surface area contributed by atoms with Crippen molar-refractivity contribution >= 4 is 39.8 Å². The maximum Gasteiger partial charge on any atom is 0.254 e. The first-order valence-corrected chi connectivity index (χ1v) is 7.70. The lowest BCUT2D eigenvalue weighted by Crippen LogP contribution is -2.30. The van der Waals surface area contributed by atoms with Crippen LogP contribution in [0.25, 0.3) is 0 Å². The zero-order chi connectivity index (χ0) is 12.3. The Balaban J connectivity index is 1.70. The number of thiophene rings is 1. The first-order chi connectivity index (χ1) is 8.16. The molecule has 3 nitrogen and oxygen atoms in total. The summed E-state index contributed by atoms with van der Waals surface area (Å²) in [5, 5.41) is 1.91. The first kappa shape index (κ1) is 13.3. The third-order valence-corrected chi connectivity index (χ3v) is 4.57. The van der Waals surface area contributed by atoms with Crippen molar-refractivity contribution in [2.24, 2.45) is 5.92 Å². The van der Waals surface area contributed by atoms with Gasteiger partial charge in [0.15, 0.2) is 0 Å². The molecule has 1 aromatic rings. The van der Waals surface area contributed by atoms with E-state index in [-0.39, 0.29) is 5.91 Å². The maximum absolute atomic E-state index is 12.0. The summed E-state index contributed by atoms with van der Waals surface area (Å²) < 4.78 is 6.67. The van der Waals surface area contributed by atoms with E-state index in [0.717, 1.165) is 21.0 Å². The molecule has 1 fully saturated rings. The summed E-state index contributed by atoms with van der Waals surface area (Å²) in [5.74, 6) is 0.869. The molecule has 0 saturated heterocycles. The number of likely N-dealkylation sites (N-methyl/N-ethyl adjacent to an activating group) is 1. The molecule has 0 aromatic carbocycles. The summed E-state index contributed by atoms with van der Waals surface area (Å²) >= 11 is 3.83. The second kappa shape index (κ2) is 6.15. The van der Waals surface area contributed by atoms with Crippen LogP contribution in [0.1, 0.15) is 23.2 Å². The van der Waals surface area contributed by atoms with Gasteiger partial charge in [-0.15, -0.1) is 11.3 Å². The topological polar surface area (TPSA) is 29.5 Å². The van der Waals surface area contributed by atoms with E-state index in [1.807, 2.05) is 18.5 Å². The minimum Gasteiger partial charge on any atom is -0.379 e. The molecule has 0 N–H and O–H groups in total. The van der Waals surface area contributed by atoms with Crippen LogP contribution in [0.2, 0.25) is 0 Å². The van der Waals surface area contributed by atoms with Crippen LogP contribution in [-0.2, 0) is 4.74 Å². The van der Waals surface area contributed by atoms with Gasteiger partial charge in [0.05, 0.1) is 15.1 Å². The van der Waals surface area contributed by atoms with Crippen LogP contribution in [0.5, 0.6) is 0 Å². The van der Waals surface area contributed by atoms with Gasteiger partial charge < -0.3 is 9.64 Å². The zero-order valence-corrected chi connectivity index (χ0v) is 12.8. The second-order valence-electron chi connectivity index (χ2n) is 4.38. The lowest BCUT2D eigenvalue weighted by Gasteiger charge is -2.16. The Hall–Kier alpha value is -0.140. The Labute approximate surface area is 119 Å². The molecule has 0 atom stereocenters. The van der Waals surface area contributed by atoms with Gasteiger partial charge in [-0.25, -0.2) is 0 Å². The van der Waals surface area contributed by atoms with Crippen molar-refractivity contribution in [3.63, 3.8) is 0 Å². The van der Waals surface area contributed by atoms with Crippen LogP contribution in [0.15, 0.2) is 11.4 Å². The summed E-state index contributed by atoms with van der Waals surface area (Å²) in [6.07, 6.45) is 2.62. The molecule has 5 heteroatoms. The predicted molar refractivity (Wildman–Crippen MR) is 77.5 cm³/mol. The molecule has 0 spiro atoms. The van der Waals surface area contributed by atoms with Crippen LogP contribution in [0.4, 0.5) is 0 Å². The third-order valence-electron chi connectivity index (χ3n) is 2.78. The Morgan fingerprint density at radius 2 is 2.41 bits per heavy atom. The van der Waals surface area contributed by atoms with Gasteiger partial charge in [0.1, 0.15) is 0 Å². The number of halogens is 1. The molecular formula is C12H16INO2S. The van der Waals surface area contributed by atoms with E-state index in [1.165, 1.54) is 12.8 Å². The predicted octanol–water partition coefficient (Wildman–Crippen LogP) is 2.85. The Morgan fingerprint density at radius 1 is 1.65 bits per heavy atom. The van der Waals surface area contributed by atoms with Crippen LogP contribution < -0.4 is 0 Å². The van der Waals surface area contributed by atoms with Crippen molar-refractivity contribution in [2.45, 2.75) is 12.8 Å². The van der Waals surface area contributed by atoms with Crippen molar-refractivity contribution in [2.75, 3.05) is 26.8 Å². The Morgan fingerprint density at radius 3 is 3.00 bits per heavy atom. The van der Waals surface area contributed by atoms with E-state index in [0.29, 0.717) is 13.2 Å². The van der Waals surface area contributed by atoms with Gasteiger partial charge in [-0.1, -0.05) is 0 Å². The van der Waals surface area contributed by atoms with Crippen LogP contribution >= 0.6 is 33.9 Å². The minimum absolute atomic E-state index is 0.0826. The lowest BCUT2D eigenvalue weighted by molar-refractivity contribution is 0.0681. The average molecular weight is 365 g/mol. The van der Waals surface area contributed by atoms with Crippen LogP contribution in [-0.4, -0.2) is 37.6 Å². The van der Waals surface area contributed by atoms with E-state index in [2.05, 4.69) is 22.6 Å². The summed E-state index contributed by atoms with van der Waals surface area (Å²) in [5.41, 5.74) is 0.782. The third kappa shape index (κ3) is 4.22. The summed E-state index contributed by atoms with van der Waals surface area (Å²) in [4.78, 5) is 13.7. The standard InChI is InChI=1S/C12H16INO2S/c1-14(4-5-16-7-9-2-3-9)12(15)10-6-11(13)17-8-10/h6,8-9H,2-5,7H2,1H3. The fourth-order valence-electron chi connectivity index (χ4n) is 1.48. The molecule has 2 rings (SSSR count). The number of amides is 1. The molecular weight excluding hydrogens is 349 g/mol. The SMILES string of the molecule is CN(CCOCC1CC1)C(=O)c1csc(I)c1. The Bertz CT molecular complexity index is 390. The molecule has 0 bridgehead atoms. The van der Waals surface area contributed by atoms with Crippen molar-refractivity contribution in [3.05, 3.63) is 19.9 Å². The summed E-state index contributed by atoms with van der Waals surface area (Å²) in [6.45, 7) is 2.16. The first-order valence-electron chi connectivity index (χ1n) is 5.74. The van der Waals surface area contributed by atoms with E-state index >= 15 is 0 Å². The molecule has 0 unspecified atom stereocenters. The average Bonchev–Trinajstić information content (AvgIpc) is 3.04. The summed E-state index contributed by atoms with van der Waals surface area (Å²) in [6, 6.07) is 1.93.